The Hall–Kier alpha value is -1.90. The first-order chi connectivity index (χ1) is 11.7. The number of carbonyl (C=O) groups is 1. The summed E-state index contributed by atoms with van der Waals surface area (Å²) in [4.78, 5) is 12.6. The van der Waals surface area contributed by atoms with Crippen LogP contribution in [0.2, 0.25) is 0 Å². The van der Waals surface area contributed by atoms with Crippen molar-refractivity contribution >= 4 is 5.97 Å². The number of nitrogens with zero attached hydrogens (tertiary/aromatic N) is 1. The summed E-state index contributed by atoms with van der Waals surface area (Å²) in [7, 11) is 0. The van der Waals surface area contributed by atoms with E-state index in [9.17, 15) is 10.1 Å². The van der Waals surface area contributed by atoms with Crippen LogP contribution >= 0.6 is 0 Å². The molecule has 2 aliphatic heterocycles. The molecule has 2 fully saturated rings. The fraction of sp³-hybridized carbons (Fsp3) is 0.579. The molecular formula is C19H23NO4. The molecular weight excluding hydrogens is 306 g/mol. The molecule has 0 bridgehead atoms. The van der Waals surface area contributed by atoms with Gasteiger partial charge < -0.3 is 14.2 Å². The average Bonchev–Trinajstić information content (AvgIpc) is 3.13. The van der Waals surface area contributed by atoms with Gasteiger partial charge in [0.2, 0.25) is 0 Å². The summed E-state index contributed by atoms with van der Waals surface area (Å²) in [6.45, 7) is 4.34. The van der Waals surface area contributed by atoms with E-state index in [1.165, 1.54) is 0 Å². The summed E-state index contributed by atoms with van der Waals surface area (Å²) in [6, 6.07) is 10.3. The van der Waals surface area contributed by atoms with E-state index >= 15 is 0 Å². The lowest BCUT2D eigenvalue weighted by molar-refractivity contribution is -0.154. The van der Waals surface area contributed by atoms with E-state index in [1.807, 2.05) is 31.2 Å². The largest absolute Gasteiger partial charge is 0.465 e. The fourth-order valence-corrected chi connectivity index (χ4v) is 3.65. The van der Waals surface area contributed by atoms with Gasteiger partial charge in [-0.3, -0.25) is 4.79 Å². The Kier molecular flexibility index (Phi) is 4.88. The summed E-state index contributed by atoms with van der Waals surface area (Å²) in [5.74, 6) is -0.180. The molecule has 128 valence electrons. The second kappa shape index (κ2) is 6.92. The first kappa shape index (κ1) is 16.9. The highest BCUT2D eigenvalue weighted by Crippen LogP contribution is 2.38. The Morgan fingerprint density at radius 1 is 1.12 bits per heavy atom. The van der Waals surface area contributed by atoms with Crippen LogP contribution in [-0.4, -0.2) is 39.0 Å². The Morgan fingerprint density at radius 3 is 2.29 bits per heavy atom. The predicted molar refractivity (Wildman–Crippen MR) is 87.5 cm³/mol. The summed E-state index contributed by atoms with van der Waals surface area (Å²) in [5, 5.41) is 9.58. The van der Waals surface area contributed by atoms with Crippen molar-refractivity contribution in [3.63, 3.8) is 0 Å². The second-order valence-corrected chi connectivity index (χ2v) is 6.49. The minimum absolute atomic E-state index is 0.180. The Bertz CT molecular complexity index is 620. The van der Waals surface area contributed by atoms with Crippen molar-refractivity contribution < 1.29 is 19.0 Å². The van der Waals surface area contributed by atoms with Crippen molar-refractivity contribution in [2.75, 3.05) is 33.0 Å². The van der Waals surface area contributed by atoms with E-state index in [1.54, 1.807) is 0 Å². The van der Waals surface area contributed by atoms with Crippen LogP contribution < -0.4 is 0 Å². The van der Waals surface area contributed by atoms with E-state index < -0.39 is 10.8 Å². The fourth-order valence-electron chi connectivity index (χ4n) is 3.65. The first-order valence-electron chi connectivity index (χ1n) is 8.52. The van der Waals surface area contributed by atoms with Gasteiger partial charge in [-0.25, -0.2) is 0 Å². The molecule has 5 nitrogen and oxygen atoms in total. The molecule has 2 heterocycles. The number of esters is 1. The van der Waals surface area contributed by atoms with Gasteiger partial charge in [-0.15, -0.1) is 0 Å². The molecule has 0 aromatic heterocycles. The Morgan fingerprint density at radius 2 is 1.75 bits per heavy atom. The average molecular weight is 329 g/mol. The molecule has 24 heavy (non-hydrogen) atoms. The smallest absolute Gasteiger partial charge is 0.316 e. The van der Waals surface area contributed by atoms with Gasteiger partial charge in [0.15, 0.2) is 0 Å². The number of carbonyl (C=O) groups excluding carboxylic acids is 1. The first-order valence-corrected chi connectivity index (χ1v) is 8.52. The minimum Gasteiger partial charge on any atom is -0.465 e. The number of nitriles is 1. The number of benzene rings is 1. The Labute approximate surface area is 142 Å². The normalized spacial score (nSPS) is 25.8. The maximum absolute atomic E-state index is 12.6. The maximum Gasteiger partial charge on any atom is 0.316 e. The van der Waals surface area contributed by atoms with Crippen LogP contribution in [0.15, 0.2) is 24.3 Å². The quantitative estimate of drug-likeness (QED) is 0.794. The highest BCUT2D eigenvalue weighted by molar-refractivity contribution is 5.83. The van der Waals surface area contributed by atoms with Crippen LogP contribution in [-0.2, 0) is 29.8 Å². The molecule has 0 N–H and O–H groups in total. The third-order valence-corrected chi connectivity index (χ3v) is 5.24. The van der Waals surface area contributed by atoms with Gasteiger partial charge in [0, 0.05) is 19.8 Å². The molecule has 1 unspecified atom stereocenters. The van der Waals surface area contributed by atoms with Crippen LogP contribution in [0.25, 0.3) is 0 Å². The topological polar surface area (TPSA) is 68.6 Å². The van der Waals surface area contributed by atoms with E-state index in [4.69, 9.17) is 14.2 Å². The molecule has 5 heteroatoms. The van der Waals surface area contributed by atoms with Gasteiger partial charge in [-0.2, -0.15) is 5.26 Å². The van der Waals surface area contributed by atoms with Crippen LogP contribution in [0.4, 0.5) is 0 Å². The summed E-state index contributed by atoms with van der Waals surface area (Å²) < 4.78 is 16.2. The molecule has 2 aliphatic rings. The van der Waals surface area contributed by atoms with E-state index in [-0.39, 0.29) is 5.97 Å². The molecule has 1 atom stereocenters. The molecule has 0 saturated carbocycles. The van der Waals surface area contributed by atoms with Crippen molar-refractivity contribution in [2.24, 2.45) is 0 Å². The maximum atomic E-state index is 12.6. The van der Waals surface area contributed by atoms with Crippen molar-refractivity contribution in [1.82, 2.24) is 0 Å². The second-order valence-electron chi connectivity index (χ2n) is 6.49. The van der Waals surface area contributed by atoms with Crippen molar-refractivity contribution in [3.8, 4) is 6.07 Å². The summed E-state index contributed by atoms with van der Waals surface area (Å²) >= 11 is 0. The van der Waals surface area contributed by atoms with Gasteiger partial charge in [0.05, 0.1) is 24.7 Å². The molecule has 0 amide bonds. The monoisotopic (exact) mass is 329 g/mol. The van der Waals surface area contributed by atoms with Crippen LogP contribution in [0.5, 0.6) is 0 Å². The zero-order valence-electron chi connectivity index (χ0n) is 14.0. The van der Waals surface area contributed by atoms with E-state index in [0.717, 1.165) is 11.1 Å². The zero-order valence-corrected chi connectivity index (χ0v) is 14.0. The molecule has 0 aliphatic carbocycles. The van der Waals surface area contributed by atoms with Gasteiger partial charge in [-0.1, -0.05) is 24.3 Å². The van der Waals surface area contributed by atoms with E-state index in [0.29, 0.717) is 52.3 Å². The molecule has 2 saturated heterocycles. The highest BCUT2D eigenvalue weighted by atomic mass is 16.5. The van der Waals surface area contributed by atoms with E-state index in [2.05, 4.69) is 6.07 Å². The Balaban J connectivity index is 1.92. The lowest BCUT2D eigenvalue weighted by Crippen LogP contribution is -2.42. The molecule has 1 aromatic carbocycles. The minimum atomic E-state index is -0.640. The van der Waals surface area contributed by atoms with Gasteiger partial charge >= 0.3 is 5.97 Å². The standard InChI is InChI=1S/C19H23NO4/c1-2-24-17(21)19(8-11-22-12-9-19)16-5-3-15(4-6-16)18(13-20)7-10-23-14-18/h3-6H,2,7-12,14H2,1H3. The third-order valence-electron chi connectivity index (χ3n) is 5.24. The highest BCUT2D eigenvalue weighted by Gasteiger charge is 2.44. The predicted octanol–water partition coefficient (Wildman–Crippen LogP) is 2.48. The zero-order chi connectivity index (χ0) is 17.0. The summed E-state index contributed by atoms with van der Waals surface area (Å²) in [5.41, 5.74) is 0.696. The molecule has 0 radical (unpaired) electrons. The van der Waals surface area contributed by atoms with Crippen molar-refractivity contribution in [2.45, 2.75) is 37.0 Å². The lowest BCUT2D eigenvalue weighted by atomic mass is 9.73. The number of hydrogen-bond acceptors (Lipinski definition) is 5. The van der Waals surface area contributed by atoms with Gasteiger partial charge in [0.1, 0.15) is 5.41 Å². The van der Waals surface area contributed by atoms with Crippen molar-refractivity contribution in [3.05, 3.63) is 35.4 Å². The van der Waals surface area contributed by atoms with Gasteiger partial charge in [-0.05, 0) is 37.3 Å². The molecule has 3 rings (SSSR count). The van der Waals surface area contributed by atoms with Crippen molar-refractivity contribution in [1.29, 1.82) is 5.26 Å². The lowest BCUT2D eigenvalue weighted by Gasteiger charge is -2.35. The SMILES string of the molecule is CCOC(=O)C1(c2ccc(C3(C#N)CCOC3)cc2)CCOCC1. The number of hydrogen-bond donors (Lipinski definition) is 0. The van der Waals surface area contributed by atoms with Crippen LogP contribution in [0.1, 0.15) is 37.3 Å². The third kappa shape index (κ3) is 2.81. The summed E-state index contributed by atoms with van der Waals surface area (Å²) in [6.07, 6.45) is 1.95. The molecule has 0 spiro atoms. The molecule has 1 aromatic rings. The van der Waals surface area contributed by atoms with Crippen LogP contribution in [0, 0.1) is 11.3 Å². The number of ether oxygens (including phenoxy) is 3. The van der Waals surface area contributed by atoms with Crippen LogP contribution in [0.3, 0.4) is 0 Å². The number of rotatable bonds is 4. The van der Waals surface area contributed by atoms with Gasteiger partial charge in [0.25, 0.3) is 0 Å².